The molecule has 2 bridgehead atoms. The number of aliphatic hydroxyl groups excluding tert-OH is 1. The monoisotopic (exact) mass is 385 g/mol. The molecule has 2 aliphatic heterocycles. The average Bonchev–Trinajstić information content (AvgIpc) is 3.30. The van der Waals surface area contributed by atoms with Crippen molar-refractivity contribution in [3.63, 3.8) is 0 Å². The fourth-order valence-electron chi connectivity index (χ4n) is 9.02. The van der Waals surface area contributed by atoms with Crippen molar-refractivity contribution in [3.8, 4) is 0 Å². The summed E-state index contributed by atoms with van der Waals surface area (Å²) in [5.74, 6) is 0.856. The zero-order valence-electron chi connectivity index (χ0n) is 17.1. The number of ketones is 1. The van der Waals surface area contributed by atoms with Gasteiger partial charge in [-0.25, -0.2) is 0 Å². The Morgan fingerprint density at radius 1 is 1.25 bits per heavy atom. The molecule has 2 heterocycles. The van der Waals surface area contributed by atoms with Gasteiger partial charge in [-0.2, -0.15) is 0 Å². The van der Waals surface area contributed by atoms with Crippen molar-refractivity contribution in [1.29, 1.82) is 0 Å². The molecule has 1 spiro atoms. The topological polar surface area (TPSA) is 66.8 Å². The lowest BCUT2D eigenvalue weighted by molar-refractivity contribution is -0.159. The summed E-state index contributed by atoms with van der Waals surface area (Å²) < 4.78 is 5.20. The Balaban J connectivity index is 1.64. The number of carbonyl (C=O) groups is 2. The lowest BCUT2D eigenvalue weighted by Gasteiger charge is -2.59. The van der Waals surface area contributed by atoms with Crippen molar-refractivity contribution in [2.24, 2.45) is 40.4 Å². The molecule has 5 nitrogen and oxygen atoms in total. The van der Waals surface area contributed by atoms with Crippen molar-refractivity contribution in [2.75, 3.05) is 20.2 Å². The van der Waals surface area contributed by atoms with Crippen molar-refractivity contribution >= 4 is 11.8 Å². The highest BCUT2D eigenvalue weighted by molar-refractivity contribution is 5.95. The highest BCUT2D eigenvalue weighted by Gasteiger charge is 2.76. The number of rotatable bonds is 1. The van der Waals surface area contributed by atoms with Gasteiger partial charge < -0.3 is 9.84 Å². The fraction of sp³-hybridized carbons (Fsp3) is 0.826. The number of allylic oxidation sites excluding steroid dienone is 1. The molecule has 0 aromatic rings. The van der Waals surface area contributed by atoms with Crippen LogP contribution in [-0.4, -0.2) is 54.1 Å². The largest absolute Gasteiger partial charge is 0.469 e. The molecule has 4 fully saturated rings. The van der Waals surface area contributed by atoms with Gasteiger partial charge in [-0.1, -0.05) is 19.4 Å². The van der Waals surface area contributed by atoms with Crippen LogP contribution in [0.1, 0.15) is 46.0 Å². The zero-order chi connectivity index (χ0) is 19.6. The number of piperidine rings is 1. The number of fused-ring (bicyclic) bond motifs is 1. The molecular formula is C23H31NO4. The van der Waals surface area contributed by atoms with E-state index in [4.69, 9.17) is 4.74 Å². The molecule has 152 valence electrons. The third kappa shape index (κ3) is 1.67. The minimum absolute atomic E-state index is 0.0832. The van der Waals surface area contributed by atoms with E-state index in [-0.39, 0.29) is 29.1 Å². The first-order valence-corrected chi connectivity index (χ1v) is 11.1. The molecule has 1 N–H and O–H groups in total. The summed E-state index contributed by atoms with van der Waals surface area (Å²) in [6.07, 6.45) is 3.60. The van der Waals surface area contributed by atoms with Gasteiger partial charge in [0.25, 0.3) is 0 Å². The number of aliphatic hydroxyl groups is 1. The van der Waals surface area contributed by atoms with Crippen LogP contribution in [0.15, 0.2) is 11.1 Å². The van der Waals surface area contributed by atoms with Crippen LogP contribution in [0.3, 0.4) is 0 Å². The number of hydrogen-bond donors (Lipinski definition) is 1. The SMILES string of the molecule is COC(=O)[C@@H]1C[C@@]23C(=O)[C@H]4C[C@H]5N(C[C@@H](C[C@H](O)C6=C2[C@@H]1CC6)[C@]53C)C[C@H]4C. The van der Waals surface area contributed by atoms with E-state index in [9.17, 15) is 14.7 Å². The molecule has 0 radical (unpaired) electrons. The molecule has 0 aromatic carbocycles. The van der Waals surface area contributed by atoms with Gasteiger partial charge in [-0.05, 0) is 55.4 Å². The van der Waals surface area contributed by atoms with Gasteiger partial charge in [-0.15, -0.1) is 0 Å². The van der Waals surface area contributed by atoms with Gasteiger partial charge in [0, 0.05) is 30.5 Å². The standard InChI is InChI=1S/C23H31NO4/c1-11-9-24-10-12-6-17(25)14-5-4-13-16(21(27)28-3)8-23(19(13)14)20(26)15(11)7-18(24)22(12,23)2/h11-13,15-18,25H,4-10H2,1-3H3/t11-,12-,13-,15+,16-,17+,18-,22-,23+/m1/s1. The van der Waals surface area contributed by atoms with E-state index in [0.717, 1.165) is 44.3 Å². The van der Waals surface area contributed by atoms with E-state index in [1.165, 1.54) is 12.7 Å². The van der Waals surface area contributed by atoms with E-state index in [1.807, 2.05) is 0 Å². The van der Waals surface area contributed by atoms with E-state index >= 15 is 0 Å². The van der Waals surface area contributed by atoms with E-state index < -0.39 is 11.5 Å². The van der Waals surface area contributed by atoms with Crippen LogP contribution >= 0.6 is 0 Å². The lowest BCUT2D eigenvalue weighted by atomic mass is 9.45. The van der Waals surface area contributed by atoms with Crippen molar-refractivity contribution in [3.05, 3.63) is 11.1 Å². The van der Waals surface area contributed by atoms with Crippen LogP contribution in [-0.2, 0) is 14.3 Å². The summed E-state index contributed by atoms with van der Waals surface area (Å²) in [6, 6.07) is 0.396. The van der Waals surface area contributed by atoms with Crippen molar-refractivity contribution < 1.29 is 19.4 Å². The number of methoxy groups -OCH3 is 1. The molecule has 0 unspecified atom stereocenters. The normalized spacial score (nSPS) is 54.0. The second kappa shape index (κ2) is 5.28. The lowest BCUT2D eigenvalue weighted by Crippen LogP contribution is -2.64. The fourth-order valence-corrected chi connectivity index (χ4v) is 9.02. The van der Waals surface area contributed by atoms with Crippen LogP contribution in [0.4, 0.5) is 0 Å². The van der Waals surface area contributed by atoms with Crippen LogP contribution in [0.2, 0.25) is 0 Å². The van der Waals surface area contributed by atoms with Crippen LogP contribution in [0.5, 0.6) is 0 Å². The maximum atomic E-state index is 14.3. The van der Waals surface area contributed by atoms with Gasteiger partial charge in [0.15, 0.2) is 0 Å². The highest BCUT2D eigenvalue weighted by atomic mass is 16.5. The van der Waals surface area contributed by atoms with Crippen molar-refractivity contribution in [2.45, 2.75) is 58.1 Å². The minimum Gasteiger partial charge on any atom is -0.469 e. The maximum Gasteiger partial charge on any atom is 0.309 e. The summed E-state index contributed by atoms with van der Waals surface area (Å²) in [7, 11) is 1.47. The summed E-state index contributed by atoms with van der Waals surface area (Å²) in [5, 5.41) is 11.2. The molecule has 0 amide bonds. The van der Waals surface area contributed by atoms with Crippen LogP contribution in [0.25, 0.3) is 0 Å². The van der Waals surface area contributed by atoms with Gasteiger partial charge in [0.2, 0.25) is 0 Å². The molecular weight excluding hydrogens is 354 g/mol. The highest BCUT2D eigenvalue weighted by Crippen LogP contribution is 2.74. The molecule has 0 aromatic heterocycles. The summed E-state index contributed by atoms with van der Waals surface area (Å²) in [6.45, 7) is 6.55. The second-order valence-electron chi connectivity index (χ2n) is 10.7. The first-order valence-electron chi connectivity index (χ1n) is 11.1. The minimum atomic E-state index is -0.568. The molecule has 2 saturated carbocycles. The predicted molar refractivity (Wildman–Crippen MR) is 102 cm³/mol. The average molecular weight is 386 g/mol. The Labute approximate surface area is 166 Å². The molecule has 6 aliphatic rings. The first-order chi connectivity index (χ1) is 13.3. The van der Waals surface area contributed by atoms with Gasteiger partial charge in [0.1, 0.15) is 5.78 Å². The molecule has 4 aliphatic carbocycles. The number of nitrogens with zero attached hydrogens (tertiary/aromatic N) is 1. The maximum absolute atomic E-state index is 14.3. The van der Waals surface area contributed by atoms with Crippen molar-refractivity contribution in [1.82, 2.24) is 4.90 Å². The molecule has 28 heavy (non-hydrogen) atoms. The first kappa shape index (κ1) is 17.6. The summed E-state index contributed by atoms with van der Waals surface area (Å²) in [4.78, 5) is 29.7. The Bertz CT molecular complexity index is 819. The molecule has 9 atom stereocenters. The third-order valence-electron chi connectivity index (χ3n) is 10.1. The predicted octanol–water partition coefficient (Wildman–Crippen LogP) is 2.18. The van der Waals surface area contributed by atoms with Gasteiger partial charge >= 0.3 is 5.97 Å². The number of ether oxygens (including phenoxy) is 1. The molecule has 2 saturated heterocycles. The van der Waals surface area contributed by atoms with Crippen LogP contribution in [0, 0.1) is 40.4 Å². The van der Waals surface area contributed by atoms with Crippen LogP contribution < -0.4 is 0 Å². The van der Waals surface area contributed by atoms with Gasteiger partial charge in [-0.3, -0.25) is 14.5 Å². The smallest absolute Gasteiger partial charge is 0.309 e. The summed E-state index contributed by atoms with van der Waals surface area (Å²) in [5.41, 5.74) is 1.56. The second-order valence-corrected chi connectivity index (χ2v) is 10.7. The van der Waals surface area contributed by atoms with E-state index in [0.29, 0.717) is 30.1 Å². The Kier molecular flexibility index (Phi) is 3.33. The Morgan fingerprint density at radius 2 is 2.04 bits per heavy atom. The molecule has 6 rings (SSSR count). The third-order valence-corrected chi connectivity index (χ3v) is 10.1. The van der Waals surface area contributed by atoms with E-state index in [1.54, 1.807) is 0 Å². The number of carbonyl (C=O) groups excluding carboxylic acids is 2. The quantitative estimate of drug-likeness (QED) is 0.554. The Hall–Kier alpha value is -1.20. The number of Topliss-reactive ketones (excluding diaryl/α,β-unsaturated/α-hetero) is 1. The number of esters is 1. The Morgan fingerprint density at radius 3 is 2.79 bits per heavy atom. The van der Waals surface area contributed by atoms with Gasteiger partial charge in [0.05, 0.1) is 24.5 Å². The number of hydrogen-bond acceptors (Lipinski definition) is 5. The van der Waals surface area contributed by atoms with E-state index in [2.05, 4.69) is 18.7 Å². The summed E-state index contributed by atoms with van der Waals surface area (Å²) >= 11 is 0. The zero-order valence-corrected chi connectivity index (χ0v) is 17.1. The molecule has 5 heteroatoms.